The van der Waals surface area contributed by atoms with E-state index in [4.69, 9.17) is 0 Å². The number of rotatable bonds is 5. The van der Waals surface area contributed by atoms with Gasteiger partial charge in [-0.05, 0) is 36.8 Å². The molecule has 4 heteroatoms. The van der Waals surface area contributed by atoms with Gasteiger partial charge in [-0.3, -0.25) is 4.79 Å². The Morgan fingerprint density at radius 1 is 1.19 bits per heavy atom. The molecule has 0 spiro atoms. The number of nitrogens with one attached hydrogen (secondary N) is 2. The van der Waals surface area contributed by atoms with Gasteiger partial charge in [-0.15, -0.1) is 0 Å². The molecular formula is C17H20FN2O+. The molecule has 0 aromatic heterocycles. The van der Waals surface area contributed by atoms with Crippen molar-refractivity contribution in [2.75, 3.05) is 18.9 Å². The van der Waals surface area contributed by atoms with Crippen molar-refractivity contribution in [3.05, 3.63) is 65.5 Å². The van der Waals surface area contributed by atoms with Gasteiger partial charge in [0.25, 0.3) is 5.91 Å². The molecule has 2 N–H and O–H groups in total. The van der Waals surface area contributed by atoms with E-state index in [0.717, 1.165) is 21.7 Å². The van der Waals surface area contributed by atoms with Crippen molar-refractivity contribution in [1.82, 2.24) is 0 Å². The molecule has 2 rings (SSSR count). The summed E-state index contributed by atoms with van der Waals surface area (Å²) in [6.45, 7) is 2.93. The lowest BCUT2D eigenvalue weighted by Crippen LogP contribution is -3.08. The third-order valence-electron chi connectivity index (χ3n) is 3.16. The fourth-order valence-electron chi connectivity index (χ4n) is 2.26. The van der Waals surface area contributed by atoms with Crippen LogP contribution in [0.2, 0.25) is 0 Å². The normalized spacial score (nSPS) is 12.0. The fourth-order valence-corrected chi connectivity index (χ4v) is 2.26. The van der Waals surface area contributed by atoms with Crippen molar-refractivity contribution in [2.24, 2.45) is 0 Å². The van der Waals surface area contributed by atoms with E-state index in [-0.39, 0.29) is 11.7 Å². The van der Waals surface area contributed by atoms with Crippen molar-refractivity contribution in [1.29, 1.82) is 0 Å². The molecule has 0 heterocycles. The van der Waals surface area contributed by atoms with Gasteiger partial charge in [-0.1, -0.05) is 24.3 Å². The molecule has 0 saturated carbocycles. The quantitative estimate of drug-likeness (QED) is 0.863. The van der Waals surface area contributed by atoms with Crippen LogP contribution in [0.25, 0.3) is 0 Å². The molecule has 2 aromatic carbocycles. The van der Waals surface area contributed by atoms with Crippen LogP contribution >= 0.6 is 0 Å². The number of amides is 1. The summed E-state index contributed by atoms with van der Waals surface area (Å²) in [5, 5.41) is 2.88. The summed E-state index contributed by atoms with van der Waals surface area (Å²) in [7, 11) is 1.92. The van der Waals surface area contributed by atoms with E-state index in [9.17, 15) is 9.18 Å². The first-order chi connectivity index (χ1) is 10.0. The molecule has 0 radical (unpaired) electrons. The largest absolute Gasteiger partial charge is 0.326 e. The summed E-state index contributed by atoms with van der Waals surface area (Å²) in [5.41, 5.74) is 2.79. The van der Waals surface area contributed by atoms with Crippen LogP contribution in [0.3, 0.4) is 0 Å². The maximum Gasteiger partial charge on any atom is 0.279 e. The number of benzene rings is 2. The molecule has 21 heavy (non-hydrogen) atoms. The number of quaternary nitrogens is 1. The predicted molar refractivity (Wildman–Crippen MR) is 81.7 cm³/mol. The lowest BCUT2D eigenvalue weighted by molar-refractivity contribution is -0.885. The minimum Gasteiger partial charge on any atom is -0.326 e. The smallest absolute Gasteiger partial charge is 0.279 e. The van der Waals surface area contributed by atoms with Gasteiger partial charge in [-0.2, -0.15) is 0 Å². The van der Waals surface area contributed by atoms with Crippen LogP contribution in [-0.2, 0) is 11.3 Å². The first-order valence-electron chi connectivity index (χ1n) is 6.95. The number of hydrogen-bond donors (Lipinski definition) is 2. The molecular weight excluding hydrogens is 267 g/mol. The average Bonchev–Trinajstić information content (AvgIpc) is 2.38. The number of halogens is 1. The van der Waals surface area contributed by atoms with Gasteiger partial charge in [0.15, 0.2) is 6.54 Å². The summed E-state index contributed by atoms with van der Waals surface area (Å²) >= 11 is 0. The maximum atomic E-state index is 13.1. The van der Waals surface area contributed by atoms with Gasteiger partial charge in [-0.25, -0.2) is 4.39 Å². The molecule has 1 amide bonds. The molecule has 3 nitrogen and oxygen atoms in total. The zero-order chi connectivity index (χ0) is 15.2. The molecule has 1 unspecified atom stereocenters. The van der Waals surface area contributed by atoms with E-state index in [1.807, 2.05) is 44.3 Å². The van der Waals surface area contributed by atoms with Crippen LogP contribution in [0.1, 0.15) is 11.1 Å². The second-order valence-corrected chi connectivity index (χ2v) is 5.36. The molecule has 1 atom stereocenters. The third-order valence-corrected chi connectivity index (χ3v) is 3.16. The van der Waals surface area contributed by atoms with Gasteiger partial charge in [0.2, 0.25) is 0 Å². The van der Waals surface area contributed by atoms with Crippen molar-refractivity contribution in [2.45, 2.75) is 13.5 Å². The Hall–Kier alpha value is -2.20. The van der Waals surface area contributed by atoms with Crippen molar-refractivity contribution < 1.29 is 14.1 Å². The van der Waals surface area contributed by atoms with Crippen LogP contribution in [-0.4, -0.2) is 19.5 Å². The van der Waals surface area contributed by atoms with E-state index in [1.165, 1.54) is 12.1 Å². The monoisotopic (exact) mass is 287 g/mol. The highest BCUT2D eigenvalue weighted by Crippen LogP contribution is 2.08. The van der Waals surface area contributed by atoms with Crippen molar-refractivity contribution in [3.8, 4) is 0 Å². The molecule has 0 fully saturated rings. The van der Waals surface area contributed by atoms with Crippen LogP contribution in [0, 0.1) is 12.7 Å². The number of hydrogen-bond acceptors (Lipinski definition) is 1. The standard InChI is InChI=1S/C17H19FN2O/c1-13-5-3-8-16(9-13)19-17(21)12-20(2)11-14-6-4-7-15(18)10-14/h3-10H,11-12H2,1-2H3,(H,19,21)/p+1. The number of aryl methyl sites for hydroxylation is 1. The molecule has 0 aliphatic rings. The maximum absolute atomic E-state index is 13.1. The van der Waals surface area contributed by atoms with Crippen LogP contribution in [0.4, 0.5) is 10.1 Å². The van der Waals surface area contributed by atoms with Crippen molar-refractivity contribution in [3.63, 3.8) is 0 Å². The van der Waals surface area contributed by atoms with Gasteiger partial charge in [0, 0.05) is 11.3 Å². The van der Waals surface area contributed by atoms with E-state index in [0.29, 0.717) is 13.1 Å². The predicted octanol–water partition coefficient (Wildman–Crippen LogP) is 1.79. The molecule has 110 valence electrons. The molecule has 0 aliphatic carbocycles. The van der Waals surface area contributed by atoms with E-state index in [1.54, 1.807) is 6.07 Å². The van der Waals surface area contributed by atoms with Gasteiger partial charge in [0.05, 0.1) is 7.05 Å². The van der Waals surface area contributed by atoms with Crippen LogP contribution in [0.5, 0.6) is 0 Å². The topological polar surface area (TPSA) is 33.5 Å². The highest BCUT2D eigenvalue weighted by molar-refractivity contribution is 5.91. The van der Waals surface area contributed by atoms with E-state index in [2.05, 4.69) is 5.32 Å². The van der Waals surface area contributed by atoms with E-state index < -0.39 is 0 Å². The highest BCUT2D eigenvalue weighted by Gasteiger charge is 2.11. The summed E-state index contributed by atoms with van der Waals surface area (Å²) in [5.74, 6) is -0.293. The highest BCUT2D eigenvalue weighted by atomic mass is 19.1. The Morgan fingerprint density at radius 2 is 1.95 bits per heavy atom. The molecule has 0 aliphatic heterocycles. The van der Waals surface area contributed by atoms with Gasteiger partial charge >= 0.3 is 0 Å². The van der Waals surface area contributed by atoms with Crippen molar-refractivity contribution >= 4 is 11.6 Å². The number of anilines is 1. The zero-order valence-corrected chi connectivity index (χ0v) is 12.3. The fraction of sp³-hybridized carbons (Fsp3) is 0.235. The van der Waals surface area contributed by atoms with Gasteiger partial charge in [0.1, 0.15) is 12.4 Å². The molecule has 2 aromatic rings. The Labute approximate surface area is 124 Å². The molecule has 0 saturated heterocycles. The lowest BCUT2D eigenvalue weighted by atomic mass is 10.2. The summed E-state index contributed by atoms with van der Waals surface area (Å²) in [4.78, 5) is 13.0. The Bertz CT molecular complexity index is 628. The Kier molecular flexibility index (Phi) is 5.06. The summed E-state index contributed by atoms with van der Waals surface area (Å²) < 4.78 is 13.1. The SMILES string of the molecule is Cc1cccc(NC(=O)C[NH+](C)Cc2cccc(F)c2)c1. The Morgan fingerprint density at radius 3 is 2.67 bits per heavy atom. The number of carbonyl (C=O) groups is 1. The zero-order valence-electron chi connectivity index (χ0n) is 12.3. The van der Waals surface area contributed by atoms with Gasteiger partial charge < -0.3 is 10.2 Å². The third kappa shape index (κ3) is 5.00. The Balaban J connectivity index is 1.87. The lowest BCUT2D eigenvalue weighted by Gasteiger charge is -2.14. The number of carbonyl (C=O) groups excluding carboxylic acids is 1. The minimum absolute atomic E-state index is 0.0468. The van der Waals surface area contributed by atoms with Crippen LogP contribution < -0.4 is 10.2 Å². The average molecular weight is 287 g/mol. The second kappa shape index (κ2) is 6.99. The summed E-state index contributed by atoms with van der Waals surface area (Å²) in [6.07, 6.45) is 0. The summed E-state index contributed by atoms with van der Waals surface area (Å²) in [6, 6.07) is 14.2. The first-order valence-corrected chi connectivity index (χ1v) is 6.95. The van der Waals surface area contributed by atoms with Crippen LogP contribution in [0.15, 0.2) is 48.5 Å². The number of likely N-dealkylation sites (N-methyl/N-ethyl adjacent to an activating group) is 1. The second-order valence-electron chi connectivity index (χ2n) is 5.36. The minimum atomic E-state index is -0.246. The molecule has 0 bridgehead atoms. The first kappa shape index (κ1) is 15.2. The van der Waals surface area contributed by atoms with E-state index >= 15 is 0 Å².